The van der Waals surface area contributed by atoms with E-state index in [2.05, 4.69) is 5.10 Å². The topological polar surface area (TPSA) is 64.2 Å². The smallest absolute Gasteiger partial charge is 0.272 e. The van der Waals surface area contributed by atoms with Crippen molar-refractivity contribution >= 4 is 11.4 Å². The summed E-state index contributed by atoms with van der Waals surface area (Å²) in [5, 5.41) is 15.0. The Kier molecular flexibility index (Phi) is 3.79. The highest BCUT2D eigenvalue weighted by Gasteiger charge is 2.23. The first-order chi connectivity index (χ1) is 10.5. The molecule has 0 saturated carbocycles. The number of piperidine rings is 1. The summed E-state index contributed by atoms with van der Waals surface area (Å²) in [5.41, 5.74) is 1.34. The minimum atomic E-state index is -0.584. The van der Waals surface area contributed by atoms with Crippen molar-refractivity contribution in [3.05, 3.63) is 52.1 Å². The van der Waals surface area contributed by atoms with Gasteiger partial charge in [-0.3, -0.25) is 14.8 Å². The first-order valence-electron chi connectivity index (χ1n) is 7.24. The minimum absolute atomic E-state index is 0.219. The average Bonchev–Trinajstić information content (AvgIpc) is 2.94. The Labute approximate surface area is 127 Å². The predicted octanol–water partition coefficient (Wildman–Crippen LogP) is 3.08. The zero-order chi connectivity index (χ0) is 15.7. The summed E-state index contributed by atoms with van der Waals surface area (Å²) in [6, 6.07) is 4.15. The summed E-state index contributed by atoms with van der Waals surface area (Å²) in [4.78, 5) is 12.0. The minimum Gasteiger partial charge on any atom is -0.369 e. The van der Waals surface area contributed by atoms with E-state index in [-0.39, 0.29) is 5.69 Å². The van der Waals surface area contributed by atoms with Crippen molar-refractivity contribution < 1.29 is 9.31 Å². The van der Waals surface area contributed by atoms with E-state index in [1.54, 1.807) is 0 Å². The lowest BCUT2D eigenvalue weighted by Crippen LogP contribution is -2.35. The zero-order valence-corrected chi connectivity index (χ0v) is 12.3. The van der Waals surface area contributed by atoms with Gasteiger partial charge in [-0.05, 0) is 31.4 Å². The number of hydrogen-bond acceptors (Lipinski definition) is 4. The normalized spacial score (nSPS) is 16.0. The Hall–Kier alpha value is -2.44. The number of rotatable bonds is 3. The second kappa shape index (κ2) is 5.75. The van der Waals surface area contributed by atoms with Crippen molar-refractivity contribution in [3.63, 3.8) is 0 Å². The summed E-state index contributed by atoms with van der Waals surface area (Å²) in [7, 11) is 0. The van der Waals surface area contributed by atoms with Crippen LogP contribution in [0.4, 0.5) is 15.8 Å². The molecule has 0 spiro atoms. The molecule has 0 atom stereocenters. The molecule has 1 aliphatic rings. The van der Waals surface area contributed by atoms with Crippen LogP contribution in [0.1, 0.15) is 24.4 Å². The SMILES string of the molecule is Cc1cnn(C2CCN(c3ccc([N+](=O)[O-])cc3F)CC2)c1. The van der Waals surface area contributed by atoms with E-state index < -0.39 is 10.7 Å². The molecule has 22 heavy (non-hydrogen) atoms. The molecular weight excluding hydrogens is 287 g/mol. The molecule has 1 aliphatic heterocycles. The van der Waals surface area contributed by atoms with E-state index in [0.29, 0.717) is 24.8 Å². The summed E-state index contributed by atoms with van der Waals surface area (Å²) in [6.45, 7) is 3.42. The Morgan fingerprint density at radius 2 is 2.09 bits per heavy atom. The number of non-ortho nitro benzene ring substituents is 1. The number of aryl methyl sites for hydroxylation is 1. The lowest BCUT2D eigenvalue weighted by atomic mass is 10.0. The van der Waals surface area contributed by atoms with Crippen molar-refractivity contribution in [1.29, 1.82) is 0 Å². The van der Waals surface area contributed by atoms with Gasteiger partial charge in [-0.1, -0.05) is 0 Å². The van der Waals surface area contributed by atoms with Gasteiger partial charge in [0.15, 0.2) is 5.82 Å². The number of hydrogen-bond donors (Lipinski definition) is 0. The standard InChI is InChI=1S/C15H17FN4O2/c1-11-9-17-19(10-11)12-4-6-18(7-5-12)15-3-2-13(20(21)22)8-14(15)16/h2-3,8-10,12H,4-7H2,1H3. The summed E-state index contributed by atoms with van der Waals surface area (Å²) >= 11 is 0. The van der Waals surface area contributed by atoms with Gasteiger partial charge in [0.25, 0.3) is 5.69 Å². The molecule has 1 saturated heterocycles. The lowest BCUT2D eigenvalue weighted by molar-refractivity contribution is -0.385. The first-order valence-corrected chi connectivity index (χ1v) is 7.24. The van der Waals surface area contributed by atoms with E-state index in [0.717, 1.165) is 24.5 Å². The molecule has 0 amide bonds. The van der Waals surface area contributed by atoms with Crippen molar-refractivity contribution in [3.8, 4) is 0 Å². The van der Waals surface area contributed by atoms with Gasteiger partial charge in [-0.15, -0.1) is 0 Å². The number of nitro groups is 1. The van der Waals surface area contributed by atoms with Gasteiger partial charge in [-0.2, -0.15) is 5.10 Å². The predicted molar refractivity (Wildman–Crippen MR) is 80.5 cm³/mol. The average molecular weight is 304 g/mol. The highest BCUT2D eigenvalue weighted by Crippen LogP contribution is 2.29. The Morgan fingerprint density at radius 3 is 2.64 bits per heavy atom. The van der Waals surface area contributed by atoms with Crippen molar-refractivity contribution in [2.45, 2.75) is 25.8 Å². The zero-order valence-electron chi connectivity index (χ0n) is 12.3. The van der Waals surface area contributed by atoms with Gasteiger partial charge in [0.1, 0.15) is 0 Å². The molecule has 6 nitrogen and oxygen atoms in total. The Bertz CT molecular complexity index is 693. The molecule has 1 aromatic carbocycles. The van der Waals surface area contributed by atoms with Crippen LogP contribution in [0.15, 0.2) is 30.6 Å². The highest BCUT2D eigenvalue weighted by atomic mass is 19.1. The lowest BCUT2D eigenvalue weighted by Gasteiger charge is -2.33. The largest absolute Gasteiger partial charge is 0.369 e. The molecule has 7 heteroatoms. The molecule has 2 aromatic rings. The monoisotopic (exact) mass is 304 g/mol. The van der Waals surface area contributed by atoms with Gasteiger partial charge in [0.05, 0.1) is 28.9 Å². The molecule has 0 N–H and O–H groups in total. The fraction of sp³-hybridized carbons (Fsp3) is 0.400. The third kappa shape index (κ3) is 2.79. The molecule has 3 rings (SSSR count). The van der Waals surface area contributed by atoms with Gasteiger partial charge in [0.2, 0.25) is 0 Å². The maximum atomic E-state index is 14.1. The first kappa shape index (κ1) is 14.5. The van der Waals surface area contributed by atoms with Crippen LogP contribution in [0, 0.1) is 22.9 Å². The van der Waals surface area contributed by atoms with E-state index in [4.69, 9.17) is 0 Å². The number of halogens is 1. The van der Waals surface area contributed by atoms with Crippen LogP contribution in [0.2, 0.25) is 0 Å². The Morgan fingerprint density at radius 1 is 1.36 bits per heavy atom. The van der Waals surface area contributed by atoms with Gasteiger partial charge < -0.3 is 4.90 Å². The Balaban J connectivity index is 1.70. The van der Waals surface area contributed by atoms with Gasteiger partial charge in [-0.25, -0.2) is 4.39 Å². The van der Waals surface area contributed by atoms with Crippen LogP contribution in [0.5, 0.6) is 0 Å². The number of nitrogens with zero attached hydrogens (tertiary/aromatic N) is 4. The molecule has 0 bridgehead atoms. The molecule has 0 unspecified atom stereocenters. The summed E-state index contributed by atoms with van der Waals surface area (Å²) in [6.07, 6.45) is 5.60. The van der Waals surface area contributed by atoms with Crippen LogP contribution in [0.25, 0.3) is 0 Å². The third-order valence-electron chi connectivity index (χ3n) is 4.05. The second-order valence-corrected chi connectivity index (χ2v) is 5.61. The summed E-state index contributed by atoms with van der Waals surface area (Å²) in [5.74, 6) is -0.539. The van der Waals surface area contributed by atoms with Crippen LogP contribution in [-0.2, 0) is 0 Å². The van der Waals surface area contributed by atoms with Gasteiger partial charge in [0, 0.05) is 25.4 Å². The fourth-order valence-electron chi connectivity index (χ4n) is 2.87. The molecule has 0 radical (unpaired) electrons. The number of nitro benzene ring substituents is 1. The molecule has 116 valence electrons. The quantitative estimate of drug-likeness (QED) is 0.645. The van der Waals surface area contributed by atoms with Crippen LogP contribution in [0.3, 0.4) is 0 Å². The fourth-order valence-corrected chi connectivity index (χ4v) is 2.87. The van der Waals surface area contributed by atoms with E-state index in [1.807, 2.05) is 28.9 Å². The van der Waals surface area contributed by atoms with Crippen LogP contribution >= 0.6 is 0 Å². The van der Waals surface area contributed by atoms with Crippen molar-refractivity contribution in [2.24, 2.45) is 0 Å². The molecule has 2 heterocycles. The number of benzene rings is 1. The van der Waals surface area contributed by atoms with Crippen LogP contribution < -0.4 is 4.90 Å². The molecule has 1 aromatic heterocycles. The summed E-state index contributed by atoms with van der Waals surface area (Å²) < 4.78 is 16.0. The molecule has 0 aliphatic carbocycles. The van der Waals surface area contributed by atoms with E-state index >= 15 is 0 Å². The maximum absolute atomic E-state index is 14.1. The maximum Gasteiger partial charge on any atom is 0.272 e. The van der Waals surface area contributed by atoms with Crippen molar-refractivity contribution in [2.75, 3.05) is 18.0 Å². The van der Waals surface area contributed by atoms with Crippen LogP contribution in [-0.4, -0.2) is 27.8 Å². The second-order valence-electron chi connectivity index (χ2n) is 5.61. The third-order valence-corrected chi connectivity index (χ3v) is 4.05. The highest BCUT2D eigenvalue weighted by molar-refractivity contribution is 5.52. The number of aromatic nitrogens is 2. The van der Waals surface area contributed by atoms with E-state index in [1.165, 1.54) is 12.1 Å². The number of anilines is 1. The molecular formula is C15H17FN4O2. The van der Waals surface area contributed by atoms with Crippen molar-refractivity contribution in [1.82, 2.24) is 9.78 Å². The van der Waals surface area contributed by atoms with Gasteiger partial charge >= 0.3 is 0 Å². The molecule has 1 fully saturated rings. The van der Waals surface area contributed by atoms with E-state index in [9.17, 15) is 14.5 Å².